The van der Waals surface area contributed by atoms with Gasteiger partial charge in [0.15, 0.2) is 0 Å². The Kier molecular flexibility index (Phi) is 4.50. The van der Waals surface area contributed by atoms with Crippen molar-refractivity contribution < 1.29 is 4.79 Å². The number of hydrogen-bond acceptors (Lipinski definition) is 3. The highest BCUT2D eigenvalue weighted by atomic mass is 32.2. The maximum atomic E-state index is 11.8. The number of rotatable bonds is 4. The number of fused-ring (bicyclic) bond motifs is 1. The highest BCUT2D eigenvalue weighted by Gasteiger charge is 2.20. The molecule has 1 aromatic heterocycles. The molecule has 5 nitrogen and oxygen atoms in total. The fraction of sp³-hybridized carbons (Fsp3) is 0.714. The van der Waals surface area contributed by atoms with Crippen LogP contribution in [0.15, 0.2) is 12.4 Å². The van der Waals surface area contributed by atoms with Gasteiger partial charge in [0.1, 0.15) is 5.82 Å². The predicted octanol–water partition coefficient (Wildman–Crippen LogP) is 1.64. The average molecular weight is 294 g/mol. The number of carbonyl (C=O) groups excluding carboxylic acids is 1. The van der Waals surface area contributed by atoms with E-state index in [9.17, 15) is 4.79 Å². The smallest absolute Gasteiger partial charge is 0.314 e. The van der Waals surface area contributed by atoms with E-state index in [0.29, 0.717) is 11.2 Å². The van der Waals surface area contributed by atoms with Crippen molar-refractivity contribution in [1.29, 1.82) is 0 Å². The van der Waals surface area contributed by atoms with Crippen molar-refractivity contribution in [2.75, 3.05) is 18.8 Å². The van der Waals surface area contributed by atoms with E-state index >= 15 is 0 Å². The van der Waals surface area contributed by atoms with Crippen molar-refractivity contribution in [2.45, 2.75) is 37.5 Å². The Bertz CT molecular complexity index is 456. The number of imidazole rings is 1. The molecule has 2 aliphatic rings. The molecule has 110 valence electrons. The predicted molar refractivity (Wildman–Crippen MR) is 80.9 cm³/mol. The number of thioether (sulfide) groups is 1. The summed E-state index contributed by atoms with van der Waals surface area (Å²) < 4.78 is 2.20. The molecule has 1 fully saturated rings. The molecule has 0 radical (unpaired) electrons. The molecular formula is C14H22N4OS. The van der Waals surface area contributed by atoms with Crippen molar-refractivity contribution in [1.82, 2.24) is 20.2 Å². The number of aromatic nitrogens is 2. The molecular weight excluding hydrogens is 272 g/mol. The van der Waals surface area contributed by atoms with Crippen LogP contribution in [-0.2, 0) is 13.0 Å². The van der Waals surface area contributed by atoms with Crippen LogP contribution in [0.1, 0.15) is 25.1 Å². The first-order valence-corrected chi connectivity index (χ1v) is 8.49. The number of nitrogens with one attached hydrogen (secondary N) is 2. The molecule has 2 unspecified atom stereocenters. The third-order valence-corrected chi connectivity index (χ3v) is 5.51. The Morgan fingerprint density at radius 2 is 2.30 bits per heavy atom. The van der Waals surface area contributed by atoms with Crippen LogP contribution in [-0.4, -0.2) is 39.7 Å². The molecule has 2 N–H and O–H groups in total. The van der Waals surface area contributed by atoms with E-state index in [2.05, 4.69) is 20.2 Å². The van der Waals surface area contributed by atoms with Gasteiger partial charge in [0, 0.05) is 43.7 Å². The molecule has 20 heavy (non-hydrogen) atoms. The summed E-state index contributed by atoms with van der Waals surface area (Å²) in [6.45, 7) is 2.56. The molecule has 0 bridgehead atoms. The van der Waals surface area contributed by atoms with Crippen molar-refractivity contribution in [3.8, 4) is 0 Å². The van der Waals surface area contributed by atoms with Crippen LogP contribution in [0.2, 0.25) is 0 Å². The molecule has 0 aromatic carbocycles. The topological polar surface area (TPSA) is 59.0 Å². The lowest BCUT2D eigenvalue weighted by Crippen LogP contribution is -2.41. The zero-order chi connectivity index (χ0) is 13.8. The molecule has 2 aliphatic heterocycles. The Labute approximate surface area is 123 Å². The summed E-state index contributed by atoms with van der Waals surface area (Å²) in [6.07, 6.45) is 8.49. The maximum Gasteiger partial charge on any atom is 0.314 e. The van der Waals surface area contributed by atoms with Crippen LogP contribution in [0, 0.1) is 5.92 Å². The van der Waals surface area contributed by atoms with Gasteiger partial charge in [-0.3, -0.25) is 0 Å². The van der Waals surface area contributed by atoms with E-state index < -0.39 is 0 Å². The summed E-state index contributed by atoms with van der Waals surface area (Å²) >= 11 is 1.97. The highest BCUT2D eigenvalue weighted by Crippen LogP contribution is 2.25. The first-order chi connectivity index (χ1) is 9.81. The number of urea groups is 1. The minimum Gasteiger partial charge on any atom is -0.338 e. The van der Waals surface area contributed by atoms with Gasteiger partial charge in [-0.05, 0) is 30.9 Å². The molecule has 1 saturated heterocycles. The molecule has 0 aliphatic carbocycles. The van der Waals surface area contributed by atoms with Crippen LogP contribution >= 0.6 is 11.8 Å². The van der Waals surface area contributed by atoms with Gasteiger partial charge in [-0.15, -0.1) is 0 Å². The van der Waals surface area contributed by atoms with E-state index in [1.807, 2.05) is 24.2 Å². The van der Waals surface area contributed by atoms with Gasteiger partial charge in [-0.2, -0.15) is 11.8 Å². The van der Waals surface area contributed by atoms with Gasteiger partial charge in [0.2, 0.25) is 0 Å². The van der Waals surface area contributed by atoms with Gasteiger partial charge < -0.3 is 15.2 Å². The quantitative estimate of drug-likeness (QED) is 0.887. The molecule has 1 aromatic rings. The van der Waals surface area contributed by atoms with Gasteiger partial charge in [-0.25, -0.2) is 9.78 Å². The maximum absolute atomic E-state index is 11.8. The van der Waals surface area contributed by atoms with E-state index in [-0.39, 0.29) is 6.03 Å². The van der Waals surface area contributed by atoms with Crippen LogP contribution < -0.4 is 10.6 Å². The van der Waals surface area contributed by atoms with Crippen molar-refractivity contribution in [2.24, 2.45) is 5.92 Å². The number of nitrogens with zero attached hydrogens (tertiary/aromatic N) is 2. The van der Waals surface area contributed by atoms with E-state index in [4.69, 9.17) is 0 Å². The second-order valence-corrected chi connectivity index (χ2v) is 7.03. The zero-order valence-electron chi connectivity index (χ0n) is 11.7. The second-order valence-electron chi connectivity index (χ2n) is 5.62. The van der Waals surface area contributed by atoms with Crippen LogP contribution in [0.3, 0.4) is 0 Å². The molecule has 2 atom stereocenters. The van der Waals surface area contributed by atoms with Crippen molar-refractivity contribution in [3.63, 3.8) is 0 Å². The molecule has 6 heteroatoms. The lowest BCUT2D eigenvalue weighted by Gasteiger charge is -2.23. The summed E-state index contributed by atoms with van der Waals surface area (Å²) in [5.74, 6) is 2.89. The lowest BCUT2D eigenvalue weighted by molar-refractivity contribution is 0.237. The van der Waals surface area contributed by atoms with Gasteiger partial charge in [0.25, 0.3) is 0 Å². The number of aryl methyl sites for hydroxylation is 1. The molecule has 0 saturated carbocycles. The first-order valence-electron chi connectivity index (χ1n) is 7.44. The number of carbonyl (C=O) groups is 1. The third-order valence-electron chi connectivity index (χ3n) is 4.12. The lowest BCUT2D eigenvalue weighted by atomic mass is 9.98. The largest absolute Gasteiger partial charge is 0.338 e. The number of hydrogen-bond donors (Lipinski definition) is 2. The molecule has 2 amide bonds. The first kappa shape index (κ1) is 13.8. The normalized spacial score (nSPS) is 25.2. The molecule has 3 heterocycles. The zero-order valence-corrected chi connectivity index (χ0v) is 12.5. The minimum absolute atomic E-state index is 0.0218. The summed E-state index contributed by atoms with van der Waals surface area (Å²) in [5.41, 5.74) is 0. The Hall–Kier alpha value is -1.17. The average Bonchev–Trinajstić information content (AvgIpc) is 3.13. The SMILES string of the molecule is O=C(NCC1CCn2ccnc2C1)NCC1CCCS1. The third kappa shape index (κ3) is 3.48. The van der Waals surface area contributed by atoms with Gasteiger partial charge in [-0.1, -0.05) is 0 Å². The van der Waals surface area contributed by atoms with Crippen molar-refractivity contribution in [3.05, 3.63) is 18.2 Å². The molecule has 0 spiro atoms. The van der Waals surface area contributed by atoms with Crippen LogP contribution in [0.4, 0.5) is 4.79 Å². The summed E-state index contributed by atoms with van der Waals surface area (Å²) in [4.78, 5) is 16.1. The number of amides is 2. The van der Waals surface area contributed by atoms with E-state index in [1.165, 1.54) is 18.6 Å². The fourth-order valence-corrected chi connectivity index (χ4v) is 4.10. The second kappa shape index (κ2) is 6.52. The van der Waals surface area contributed by atoms with E-state index in [1.54, 1.807) is 0 Å². The summed E-state index contributed by atoms with van der Waals surface area (Å²) in [7, 11) is 0. The van der Waals surface area contributed by atoms with Gasteiger partial charge >= 0.3 is 6.03 Å². The fourth-order valence-electron chi connectivity index (χ4n) is 2.90. The summed E-state index contributed by atoms with van der Waals surface area (Å²) in [6, 6.07) is -0.0218. The van der Waals surface area contributed by atoms with Crippen LogP contribution in [0.25, 0.3) is 0 Å². The minimum atomic E-state index is -0.0218. The standard InChI is InChI=1S/C14H22N4OS/c19-14(17-10-12-2-1-7-20-12)16-9-11-3-5-18-6-4-15-13(18)8-11/h4,6,11-12H,1-3,5,7-10H2,(H2,16,17,19). The highest BCUT2D eigenvalue weighted by molar-refractivity contribution is 8.00. The van der Waals surface area contributed by atoms with Crippen LogP contribution in [0.5, 0.6) is 0 Å². The van der Waals surface area contributed by atoms with Gasteiger partial charge in [0.05, 0.1) is 0 Å². The Morgan fingerprint density at radius 1 is 1.40 bits per heavy atom. The molecule has 3 rings (SSSR count). The Balaban J connectivity index is 1.36. The summed E-state index contributed by atoms with van der Waals surface area (Å²) in [5, 5.41) is 6.60. The van der Waals surface area contributed by atoms with Crippen molar-refractivity contribution >= 4 is 17.8 Å². The van der Waals surface area contributed by atoms with E-state index in [0.717, 1.165) is 38.3 Å². The Morgan fingerprint density at radius 3 is 3.15 bits per heavy atom. The monoisotopic (exact) mass is 294 g/mol.